The van der Waals surface area contributed by atoms with Crippen LogP contribution >= 0.6 is 0 Å². The van der Waals surface area contributed by atoms with Crippen LogP contribution in [0.2, 0.25) is 0 Å². The molecule has 0 aliphatic heterocycles. The molecular formula is C9H11NO2. The van der Waals surface area contributed by atoms with Gasteiger partial charge in [-0.3, -0.25) is 4.79 Å². The van der Waals surface area contributed by atoms with Crippen molar-refractivity contribution in [3.8, 4) is 0 Å². The van der Waals surface area contributed by atoms with Crippen molar-refractivity contribution in [1.29, 1.82) is 0 Å². The molecule has 3 heteroatoms. The van der Waals surface area contributed by atoms with E-state index in [1.165, 1.54) is 6.07 Å². The molecular weight excluding hydrogens is 154 g/mol. The minimum Gasteiger partial charge on any atom is -0.392 e. The number of rotatable bonds is 2. The van der Waals surface area contributed by atoms with Gasteiger partial charge in [0, 0.05) is 12.3 Å². The number of aromatic nitrogens is 1. The van der Waals surface area contributed by atoms with Crippen LogP contribution in [0.5, 0.6) is 0 Å². The molecule has 1 heterocycles. The summed E-state index contributed by atoms with van der Waals surface area (Å²) in [6.45, 7) is 1.87. The summed E-state index contributed by atoms with van der Waals surface area (Å²) >= 11 is 0. The van der Waals surface area contributed by atoms with Crippen LogP contribution in [0.4, 0.5) is 0 Å². The van der Waals surface area contributed by atoms with Crippen molar-refractivity contribution in [2.45, 2.75) is 6.92 Å². The van der Waals surface area contributed by atoms with Crippen LogP contribution in [0, 0.1) is 6.92 Å². The summed E-state index contributed by atoms with van der Waals surface area (Å²) in [6, 6.07) is 1.52. The highest BCUT2D eigenvalue weighted by Gasteiger charge is 1.92. The summed E-state index contributed by atoms with van der Waals surface area (Å²) < 4.78 is 0. The van der Waals surface area contributed by atoms with Gasteiger partial charge in [-0.15, -0.1) is 0 Å². The van der Waals surface area contributed by atoms with Crippen LogP contribution in [-0.2, 0) is 0 Å². The zero-order valence-electron chi connectivity index (χ0n) is 6.87. The lowest BCUT2D eigenvalue weighted by atomic mass is 10.1. The third-order valence-electron chi connectivity index (χ3n) is 1.58. The summed E-state index contributed by atoms with van der Waals surface area (Å²) in [7, 11) is 0. The van der Waals surface area contributed by atoms with Crippen LogP contribution in [0.15, 0.2) is 23.1 Å². The first-order valence-corrected chi connectivity index (χ1v) is 3.71. The van der Waals surface area contributed by atoms with E-state index >= 15 is 0 Å². The molecule has 1 aromatic rings. The van der Waals surface area contributed by atoms with Gasteiger partial charge in [0.05, 0.1) is 6.61 Å². The predicted octanol–water partition coefficient (Wildman–Crippen LogP) is 0.689. The summed E-state index contributed by atoms with van der Waals surface area (Å²) in [6.07, 6.45) is 5.02. The average molecular weight is 165 g/mol. The molecule has 3 nitrogen and oxygen atoms in total. The van der Waals surface area contributed by atoms with E-state index in [1.54, 1.807) is 18.3 Å². The number of nitrogens with one attached hydrogen (secondary N) is 1. The Labute approximate surface area is 70.4 Å². The molecule has 0 saturated heterocycles. The maximum Gasteiger partial charge on any atom is 0.248 e. The summed E-state index contributed by atoms with van der Waals surface area (Å²) in [4.78, 5) is 13.3. The monoisotopic (exact) mass is 165 g/mol. The Morgan fingerprint density at radius 3 is 3.00 bits per heavy atom. The van der Waals surface area contributed by atoms with Gasteiger partial charge in [0.2, 0.25) is 5.56 Å². The van der Waals surface area contributed by atoms with Gasteiger partial charge < -0.3 is 10.1 Å². The van der Waals surface area contributed by atoms with E-state index in [1.807, 2.05) is 6.92 Å². The number of H-pyrrole nitrogens is 1. The standard InChI is InChI=1S/C9H11NO2/c1-7-5-9(12)10-6-8(7)3-2-4-11/h2-3,5-6,11H,4H2,1H3,(H,10,12). The molecule has 0 spiro atoms. The molecule has 0 saturated carbocycles. The molecule has 1 aromatic heterocycles. The van der Waals surface area contributed by atoms with Crippen molar-refractivity contribution in [2.75, 3.05) is 6.61 Å². The van der Waals surface area contributed by atoms with E-state index < -0.39 is 0 Å². The van der Waals surface area contributed by atoms with Crippen LogP contribution in [-0.4, -0.2) is 16.7 Å². The highest BCUT2D eigenvalue weighted by molar-refractivity contribution is 5.51. The van der Waals surface area contributed by atoms with Crippen molar-refractivity contribution in [3.63, 3.8) is 0 Å². The quantitative estimate of drug-likeness (QED) is 0.677. The lowest BCUT2D eigenvalue weighted by molar-refractivity contribution is 0.343. The van der Waals surface area contributed by atoms with E-state index in [0.717, 1.165) is 11.1 Å². The number of pyridine rings is 1. The summed E-state index contributed by atoms with van der Waals surface area (Å²) in [5, 5.41) is 8.51. The molecule has 1 rings (SSSR count). The molecule has 0 aliphatic carbocycles. The number of aromatic amines is 1. The first-order chi connectivity index (χ1) is 5.74. The Morgan fingerprint density at radius 2 is 2.42 bits per heavy atom. The lowest BCUT2D eigenvalue weighted by Crippen LogP contribution is -2.04. The second-order valence-corrected chi connectivity index (χ2v) is 2.52. The Balaban J connectivity index is 3.01. The molecule has 0 bridgehead atoms. The molecule has 0 radical (unpaired) electrons. The van der Waals surface area contributed by atoms with Crippen molar-refractivity contribution in [1.82, 2.24) is 4.98 Å². The highest BCUT2D eigenvalue weighted by Crippen LogP contribution is 2.04. The summed E-state index contributed by atoms with van der Waals surface area (Å²) in [5.74, 6) is 0. The maximum atomic E-state index is 10.8. The minimum atomic E-state index is -0.103. The van der Waals surface area contributed by atoms with E-state index in [0.29, 0.717) is 0 Å². The second kappa shape index (κ2) is 3.88. The molecule has 0 aliphatic rings. The zero-order valence-corrected chi connectivity index (χ0v) is 6.87. The topological polar surface area (TPSA) is 53.1 Å². The van der Waals surface area contributed by atoms with Gasteiger partial charge >= 0.3 is 0 Å². The first kappa shape index (κ1) is 8.74. The van der Waals surface area contributed by atoms with Gasteiger partial charge in [0.25, 0.3) is 0 Å². The van der Waals surface area contributed by atoms with Crippen molar-refractivity contribution >= 4 is 6.08 Å². The number of aliphatic hydroxyl groups is 1. The molecule has 2 N–H and O–H groups in total. The molecule has 0 fully saturated rings. The third-order valence-corrected chi connectivity index (χ3v) is 1.58. The van der Waals surface area contributed by atoms with Gasteiger partial charge in [0.1, 0.15) is 0 Å². The van der Waals surface area contributed by atoms with Crippen LogP contribution in [0.1, 0.15) is 11.1 Å². The normalized spacial score (nSPS) is 10.8. The van der Waals surface area contributed by atoms with Crippen molar-refractivity contribution < 1.29 is 5.11 Å². The van der Waals surface area contributed by atoms with Crippen molar-refractivity contribution in [3.05, 3.63) is 39.8 Å². The molecule has 12 heavy (non-hydrogen) atoms. The molecule has 0 atom stereocenters. The first-order valence-electron chi connectivity index (χ1n) is 3.71. The fourth-order valence-electron chi connectivity index (χ4n) is 0.944. The number of hydrogen-bond acceptors (Lipinski definition) is 2. The van der Waals surface area contributed by atoms with Gasteiger partial charge in [-0.2, -0.15) is 0 Å². The maximum absolute atomic E-state index is 10.8. The third kappa shape index (κ3) is 2.07. The fraction of sp³-hybridized carbons (Fsp3) is 0.222. The Bertz CT molecular complexity index is 339. The summed E-state index contributed by atoms with van der Waals surface area (Å²) in [5.41, 5.74) is 1.72. The molecule has 0 amide bonds. The second-order valence-electron chi connectivity index (χ2n) is 2.52. The van der Waals surface area contributed by atoms with Crippen LogP contribution in [0.3, 0.4) is 0 Å². The number of hydrogen-bond donors (Lipinski definition) is 2. The molecule has 64 valence electrons. The van der Waals surface area contributed by atoms with Gasteiger partial charge in [-0.25, -0.2) is 0 Å². The fourth-order valence-corrected chi connectivity index (χ4v) is 0.944. The lowest BCUT2D eigenvalue weighted by Gasteiger charge is -1.96. The highest BCUT2D eigenvalue weighted by atomic mass is 16.2. The smallest absolute Gasteiger partial charge is 0.248 e. The predicted molar refractivity (Wildman–Crippen MR) is 47.9 cm³/mol. The van der Waals surface area contributed by atoms with E-state index in [-0.39, 0.29) is 12.2 Å². The average Bonchev–Trinajstić information content (AvgIpc) is 2.03. The van der Waals surface area contributed by atoms with E-state index in [9.17, 15) is 4.79 Å². The van der Waals surface area contributed by atoms with E-state index in [4.69, 9.17) is 5.11 Å². The van der Waals surface area contributed by atoms with Crippen LogP contribution < -0.4 is 5.56 Å². The Morgan fingerprint density at radius 1 is 1.67 bits per heavy atom. The number of aliphatic hydroxyl groups excluding tert-OH is 1. The largest absolute Gasteiger partial charge is 0.392 e. The van der Waals surface area contributed by atoms with E-state index in [2.05, 4.69) is 4.98 Å². The van der Waals surface area contributed by atoms with Gasteiger partial charge in [0.15, 0.2) is 0 Å². The van der Waals surface area contributed by atoms with Gasteiger partial charge in [-0.1, -0.05) is 12.2 Å². The van der Waals surface area contributed by atoms with Crippen molar-refractivity contribution in [2.24, 2.45) is 0 Å². The Kier molecular flexibility index (Phi) is 2.82. The number of aryl methyl sites for hydroxylation is 1. The molecule has 0 unspecified atom stereocenters. The minimum absolute atomic E-state index is 0.0125. The van der Waals surface area contributed by atoms with Crippen LogP contribution in [0.25, 0.3) is 6.08 Å². The van der Waals surface area contributed by atoms with Gasteiger partial charge in [-0.05, 0) is 18.1 Å². The molecule has 0 aromatic carbocycles. The zero-order chi connectivity index (χ0) is 8.97. The SMILES string of the molecule is Cc1cc(=O)[nH]cc1C=CCO. The Hall–Kier alpha value is -1.35.